The Morgan fingerprint density at radius 3 is 2.57 bits per heavy atom. The number of likely N-dealkylation sites (tertiary alicyclic amines) is 1. The molecule has 122 valence electrons. The molecule has 0 aromatic carbocycles. The minimum atomic E-state index is -0.796. The molecule has 1 rings (SSSR count). The average Bonchev–Trinajstić information content (AvgIpc) is 2.33. The molecule has 0 spiro atoms. The van der Waals surface area contributed by atoms with Gasteiger partial charge in [0.2, 0.25) is 0 Å². The predicted molar refractivity (Wildman–Crippen MR) is 80.3 cm³/mol. The van der Waals surface area contributed by atoms with Crippen LogP contribution >= 0.6 is 0 Å². The van der Waals surface area contributed by atoms with Crippen LogP contribution < -0.4 is 0 Å². The Morgan fingerprint density at radius 2 is 2.05 bits per heavy atom. The molecule has 1 aliphatic heterocycles. The number of carbonyl (C=O) groups is 2. The van der Waals surface area contributed by atoms with Gasteiger partial charge in [-0.05, 0) is 53.0 Å². The monoisotopic (exact) mass is 300 g/mol. The van der Waals surface area contributed by atoms with Gasteiger partial charge in [0.15, 0.2) is 0 Å². The summed E-state index contributed by atoms with van der Waals surface area (Å²) >= 11 is 0. The zero-order valence-electron chi connectivity index (χ0n) is 13.6. The summed E-state index contributed by atoms with van der Waals surface area (Å²) in [6.45, 7) is 10.4. The van der Waals surface area contributed by atoms with E-state index in [1.54, 1.807) is 4.90 Å². The van der Waals surface area contributed by atoms with Crippen molar-refractivity contribution in [1.82, 2.24) is 9.80 Å². The number of rotatable bonds is 5. The van der Waals surface area contributed by atoms with Crippen molar-refractivity contribution in [3.63, 3.8) is 0 Å². The number of aliphatic carboxylic acids is 1. The van der Waals surface area contributed by atoms with Crippen molar-refractivity contribution in [2.24, 2.45) is 5.92 Å². The lowest BCUT2D eigenvalue weighted by atomic mass is 9.97. The van der Waals surface area contributed by atoms with E-state index in [-0.39, 0.29) is 12.6 Å². The summed E-state index contributed by atoms with van der Waals surface area (Å²) in [6.07, 6.45) is 1.71. The van der Waals surface area contributed by atoms with Crippen LogP contribution in [0.25, 0.3) is 0 Å². The van der Waals surface area contributed by atoms with Crippen LogP contribution in [0.5, 0.6) is 0 Å². The first-order valence-corrected chi connectivity index (χ1v) is 7.63. The summed E-state index contributed by atoms with van der Waals surface area (Å²) in [4.78, 5) is 26.6. The molecule has 0 saturated carbocycles. The fourth-order valence-electron chi connectivity index (χ4n) is 2.61. The Labute approximate surface area is 127 Å². The van der Waals surface area contributed by atoms with E-state index in [4.69, 9.17) is 9.84 Å². The lowest BCUT2D eigenvalue weighted by molar-refractivity contribution is -0.138. The third-order valence-electron chi connectivity index (χ3n) is 3.47. The van der Waals surface area contributed by atoms with Crippen molar-refractivity contribution in [2.75, 3.05) is 32.7 Å². The van der Waals surface area contributed by atoms with E-state index in [1.807, 2.05) is 32.6 Å². The highest BCUT2D eigenvalue weighted by molar-refractivity contribution is 5.69. The molecule has 1 atom stereocenters. The van der Waals surface area contributed by atoms with Gasteiger partial charge in [-0.2, -0.15) is 0 Å². The third-order valence-corrected chi connectivity index (χ3v) is 3.47. The van der Waals surface area contributed by atoms with Crippen LogP contribution in [-0.4, -0.2) is 65.3 Å². The molecule has 21 heavy (non-hydrogen) atoms. The van der Waals surface area contributed by atoms with E-state index in [1.165, 1.54) is 0 Å². The predicted octanol–water partition coefficient (Wildman–Crippen LogP) is 2.04. The van der Waals surface area contributed by atoms with Gasteiger partial charge in [-0.25, -0.2) is 4.79 Å². The molecule has 0 aromatic rings. The van der Waals surface area contributed by atoms with Crippen LogP contribution in [0.15, 0.2) is 0 Å². The number of hydrogen-bond donors (Lipinski definition) is 1. The van der Waals surface area contributed by atoms with Crippen molar-refractivity contribution in [2.45, 2.75) is 46.1 Å². The first-order chi connectivity index (χ1) is 9.71. The molecule has 0 aromatic heterocycles. The van der Waals surface area contributed by atoms with Crippen LogP contribution in [0.3, 0.4) is 0 Å². The van der Waals surface area contributed by atoms with E-state index in [2.05, 4.69) is 0 Å². The Balaban J connectivity index is 2.52. The highest BCUT2D eigenvalue weighted by atomic mass is 16.6. The van der Waals surface area contributed by atoms with Gasteiger partial charge in [0.1, 0.15) is 5.60 Å². The second-order valence-corrected chi connectivity index (χ2v) is 6.66. The molecule has 1 saturated heterocycles. The SMILES string of the molecule is CCN(C[C@@H]1CCCN(CC(=O)O)C1)C(=O)OC(C)(C)C. The topological polar surface area (TPSA) is 70.1 Å². The van der Waals surface area contributed by atoms with Crippen LogP contribution in [0, 0.1) is 5.92 Å². The minimum Gasteiger partial charge on any atom is -0.480 e. The molecule has 0 unspecified atom stereocenters. The molecule has 1 aliphatic rings. The molecule has 1 amide bonds. The summed E-state index contributed by atoms with van der Waals surface area (Å²) in [7, 11) is 0. The highest BCUT2D eigenvalue weighted by Crippen LogP contribution is 2.19. The van der Waals surface area contributed by atoms with Crippen molar-refractivity contribution in [3.05, 3.63) is 0 Å². The normalized spacial score (nSPS) is 20.1. The molecule has 0 aliphatic carbocycles. The summed E-state index contributed by atoms with van der Waals surface area (Å²) < 4.78 is 5.40. The number of amides is 1. The molecule has 0 radical (unpaired) electrons. The number of nitrogens with zero attached hydrogens (tertiary/aromatic N) is 2. The van der Waals surface area contributed by atoms with Gasteiger partial charge in [0.25, 0.3) is 0 Å². The Kier molecular flexibility index (Phi) is 6.45. The molecular formula is C15H28N2O4. The number of carbonyl (C=O) groups excluding carboxylic acids is 1. The third kappa shape index (κ3) is 6.80. The van der Waals surface area contributed by atoms with E-state index < -0.39 is 11.6 Å². The second kappa shape index (κ2) is 7.64. The first-order valence-electron chi connectivity index (χ1n) is 7.63. The first kappa shape index (κ1) is 17.8. The molecule has 6 heteroatoms. The number of carboxylic acid groups (broad SMARTS) is 1. The van der Waals surface area contributed by atoms with E-state index in [0.717, 1.165) is 25.9 Å². The summed E-state index contributed by atoms with van der Waals surface area (Å²) in [5, 5.41) is 8.87. The van der Waals surface area contributed by atoms with E-state index in [9.17, 15) is 9.59 Å². The van der Waals surface area contributed by atoms with Gasteiger partial charge in [-0.15, -0.1) is 0 Å². The molecule has 1 fully saturated rings. The molecule has 6 nitrogen and oxygen atoms in total. The van der Waals surface area contributed by atoms with Gasteiger partial charge in [-0.3, -0.25) is 9.69 Å². The fourth-order valence-corrected chi connectivity index (χ4v) is 2.61. The lowest BCUT2D eigenvalue weighted by Gasteiger charge is -2.35. The van der Waals surface area contributed by atoms with Gasteiger partial charge in [-0.1, -0.05) is 0 Å². The maximum Gasteiger partial charge on any atom is 0.410 e. The van der Waals surface area contributed by atoms with Crippen LogP contribution in [0.1, 0.15) is 40.5 Å². The Bertz CT molecular complexity index is 365. The van der Waals surface area contributed by atoms with Gasteiger partial charge >= 0.3 is 12.1 Å². The number of ether oxygens (including phenoxy) is 1. The van der Waals surface area contributed by atoms with E-state index >= 15 is 0 Å². The quantitative estimate of drug-likeness (QED) is 0.841. The number of hydrogen-bond acceptors (Lipinski definition) is 4. The van der Waals surface area contributed by atoms with Crippen LogP contribution in [-0.2, 0) is 9.53 Å². The Hall–Kier alpha value is -1.30. The average molecular weight is 300 g/mol. The van der Waals surface area contributed by atoms with Crippen molar-refractivity contribution in [3.8, 4) is 0 Å². The molecule has 0 bridgehead atoms. The van der Waals surface area contributed by atoms with Crippen molar-refractivity contribution >= 4 is 12.1 Å². The summed E-state index contributed by atoms with van der Waals surface area (Å²) in [6, 6.07) is 0. The largest absolute Gasteiger partial charge is 0.480 e. The Morgan fingerprint density at radius 1 is 1.38 bits per heavy atom. The molecular weight excluding hydrogens is 272 g/mol. The summed E-state index contributed by atoms with van der Waals surface area (Å²) in [5.74, 6) is -0.485. The zero-order chi connectivity index (χ0) is 16.0. The van der Waals surface area contributed by atoms with Gasteiger partial charge in [0.05, 0.1) is 6.54 Å². The minimum absolute atomic E-state index is 0.0784. The second-order valence-electron chi connectivity index (χ2n) is 6.66. The van der Waals surface area contributed by atoms with Gasteiger partial charge in [0, 0.05) is 19.6 Å². The van der Waals surface area contributed by atoms with Crippen molar-refractivity contribution in [1.29, 1.82) is 0 Å². The summed E-state index contributed by atoms with van der Waals surface area (Å²) in [5.41, 5.74) is -0.494. The number of carboxylic acids is 1. The van der Waals surface area contributed by atoms with E-state index in [0.29, 0.717) is 19.0 Å². The van der Waals surface area contributed by atoms with Crippen LogP contribution in [0.4, 0.5) is 4.79 Å². The maximum atomic E-state index is 12.1. The number of piperidine rings is 1. The molecule has 1 N–H and O–H groups in total. The maximum absolute atomic E-state index is 12.1. The molecule has 1 heterocycles. The zero-order valence-corrected chi connectivity index (χ0v) is 13.6. The van der Waals surface area contributed by atoms with Crippen molar-refractivity contribution < 1.29 is 19.4 Å². The standard InChI is InChI=1S/C15H28N2O4/c1-5-17(14(20)21-15(2,3)4)10-12-7-6-8-16(9-12)11-13(18)19/h12H,5-11H2,1-4H3,(H,18,19)/t12-/m1/s1. The highest BCUT2D eigenvalue weighted by Gasteiger charge is 2.27. The lowest BCUT2D eigenvalue weighted by Crippen LogP contribution is -2.45. The smallest absolute Gasteiger partial charge is 0.410 e. The fraction of sp³-hybridized carbons (Fsp3) is 0.867. The van der Waals surface area contributed by atoms with Gasteiger partial charge < -0.3 is 14.7 Å². The van der Waals surface area contributed by atoms with Crippen LogP contribution in [0.2, 0.25) is 0 Å².